The molecule has 2 nitrogen and oxygen atoms in total. The van der Waals surface area contributed by atoms with Crippen molar-refractivity contribution >= 4 is 0 Å². The smallest absolute Gasteiger partial charge is 0.123 e. The molecule has 13 heavy (non-hydrogen) atoms. The number of fused-ring (bicyclic) bond motifs is 1. The Morgan fingerprint density at radius 1 is 1.38 bits per heavy atom. The number of nitrogens with two attached hydrogens (primary N) is 1. The van der Waals surface area contributed by atoms with Crippen molar-refractivity contribution in [2.24, 2.45) is 5.73 Å². The zero-order chi connectivity index (χ0) is 9.68. The highest BCUT2D eigenvalue weighted by Crippen LogP contribution is 2.27. The van der Waals surface area contributed by atoms with Crippen LogP contribution in [0.15, 0.2) is 24.3 Å². The lowest BCUT2D eigenvalue weighted by Crippen LogP contribution is -2.24. The Morgan fingerprint density at radius 2 is 2.08 bits per heavy atom. The molecule has 0 saturated heterocycles. The van der Waals surface area contributed by atoms with Crippen LogP contribution in [-0.4, -0.2) is 12.6 Å². The molecule has 1 unspecified atom stereocenters. The maximum atomic E-state index is 5.53. The van der Waals surface area contributed by atoms with Crippen molar-refractivity contribution in [2.45, 2.75) is 26.4 Å². The van der Waals surface area contributed by atoms with Gasteiger partial charge in [0.1, 0.15) is 11.9 Å². The Labute approximate surface area is 79.7 Å². The van der Waals surface area contributed by atoms with Gasteiger partial charge in [0.05, 0.1) is 0 Å². The molecule has 0 radical (unpaired) electrons. The largest absolute Gasteiger partial charge is 0.488 e. The van der Waals surface area contributed by atoms with Crippen molar-refractivity contribution in [3.63, 3.8) is 0 Å². The predicted molar refractivity (Wildman–Crippen MR) is 55.0 cm³/mol. The summed E-state index contributed by atoms with van der Waals surface area (Å²) < 4.78 is 5.53. The van der Waals surface area contributed by atoms with Gasteiger partial charge in [0.15, 0.2) is 0 Å². The SMILES string of the molecule is CC.NCC1Cc2ccccc2O1. The fourth-order valence-electron chi connectivity index (χ4n) is 1.39. The second-order valence-corrected chi connectivity index (χ2v) is 2.79. The summed E-state index contributed by atoms with van der Waals surface area (Å²) in [7, 11) is 0. The van der Waals surface area contributed by atoms with Crippen molar-refractivity contribution in [3.05, 3.63) is 29.8 Å². The fourth-order valence-corrected chi connectivity index (χ4v) is 1.39. The van der Waals surface area contributed by atoms with Crippen molar-refractivity contribution in [1.29, 1.82) is 0 Å². The number of hydrogen-bond acceptors (Lipinski definition) is 2. The van der Waals surface area contributed by atoms with E-state index in [9.17, 15) is 0 Å². The maximum Gasteiger partial charge on any atom is 0.123 e. The van der Waals surface area contributed by atoms with Gasteiger partial charge in [-0.05, 0) is 11.6 Å². The highest BCUT2D eigenvalue weighted by atomic mass is 16.5. The highest BCUT2D eigenvalue weighted by Gasteiger charge is 2.19. The van der Waals surface area contributed by atoms with Gasteiger partial charge < -0.3 is 10.5 Å². The normalized spacial score (nSPS) is 18.2. The molecule has 1 aliphatic rings. The van der Waals surface area contributed by atoms with Crippen LogP contribution in [0.1, 0.15) is 19.4 Å². The first-order chi connectivity index (χ1) is 6.40. The Morgan fingerprint density at radius 3 is 2.69 bits per heavy atom. The van der Waals surface area contributed by atoms with Gasteiger partial charge in [0.2, 0.25) is 0 Å². The van der Waals surface area contributed by atoms with E-state index in [1.165, 1.54) is 5.56 Å². The van der Waals surface area contributed by atoms with Crippen LogP contribution in [0.2, 0.25) is 0 Å². The third-order valence-electron chi connectivity index (χ3n) is 1.98. The van der Waals surface area contributed by atoms with Crippen molar-refractivity contribution < 1.29 is 4.74 Å². The van der Waals surface area contributed by atoms with Gasteiger partial charge in [-0.1, -0.05) is 32.0 Å². The quantitative estimate of drug-likeness (QED) is 0.715. The van der Waals surface area contributed by atoms with Crippen LogP contribution < -0.4 is 10.5 Å². The molecule has 0 bridgehead atoms. The molecular weight excluding hydrogens is 162 g/mol. The molecule has 0 aliphatic carbocycles. The Hall–Kier alpha value is -1.02. The molecule has 1 aromatic carbocycles. The van der Waals surface area contributed by atoms with E-state index in [1.54, 1.807) is 0 Å². The maximum absolute atomic E-state index is 5.53. The van der Waals surface area contributed by atoms with Gasteiger partial charge in [0.25, 0.3) is 0 Å². The van der Waals surface area contributed by atoms with Gasteiger partial charge in [-0.3, -0.25) is 0 Å². The summed E-state index contributed by atoms with van der Waals surface area (Å²) in [6.07, 6.45) is 1.17. The standard InChI is InChI=1S/C9H11NO.C2H6/c10-6-8-5-7-3-1-2-4-9(7)11-8;1-2/h1-4,8H,5-6,10H2;1-2H3. The number of ether oxygens (including phenoxy) is 1. The van der Waals surface area contributed by atoms with Crippen LogP contribution >= 0.6 is 0 Å². The summed E-state index contributed by atoms with van der Waals surface area (Å²) in [5.41, 5.74) is 6.77. The zero-order valence-electron chi connectivity index (χ0n) is 8.29. The van der Waals surface area contributed by atoms with Gasteiger partial charge in [-0.15, -0.1) is 0 Å². The van der Waals surface area contributed by atoms with E-state index in [0.29, 0.717) is 6.54 Å². The zero-order valence-corrected chi connectivity index (χ0v) is 8.29. The van der Waals surface area contributed by atoms with Crippen LogP contribution in [-0.2, 0) is 6.42 Å². The van der Waals surface area contributed by atoms with Crippen molar-refractivity contribution in [2.75, 3.05) is 6.54 Å². The summed E-state index contributed by atoms with van der Waals surface area (Å²) in [5.74, 6) is 1.00. The minimum atomic E-state index is 0.201. The molecule has 1 heterocycles. The summed E-state index contributed by atoms with van der Waals surface area (Å²) in [6.45, 7) is 4.61. The molecule has 0 saturated carbocycles. The molecule has 0 amide bonds. The van der Waals surface area contributed by atoms with Gasteiger partial charge in [0, 0.05) is 13.0 Å². The Balaban J connectivity index is 0.000000396. The van der Waals surface area contributed by atoms with Gasteiger partial charge >= 0.3 is 0 Å². The molecule has 72 valence electrons. The van der Waals surface area contributed by atoms with E-state index in [1.807, 2.05) is 32.0 Å². The van der Waals surface area contributed by atoms with E-state index in [4.69, 9.17) is 10.5 Å². The second-order valence-electron chi connectivity index (χ2n) is 2.79. The monoisotopic (exact) mass is 179 g/mol. The summed E-state index contributed by atoms with van der Waals surface area (Å²) in [4.78, 5) is 0. The molecular formula is C11H17NO. The summed E-state index contributed by atoms with van der Waals surface area (Å²) in [5, 5.41) is 0. The molecule has 1 atom stereocenters. The lowest BCUT2D eigenvalue weighted by molar-refractivity contribution is 0.241. The van der Waals surface area contributed by atoms with E-state index < -0.39 is 0 Å². The third kappa shape index (κ3) is 2.22. The lowest BCUT2D eigenvalue weighted by atomic mass is 10.1. The highest BCUT2D eigenvalue weighted by molar-refractivity contribution is 5.37. The molecule has 2 rings (SSSR count). The molecule has 1 aromatic rings. The number of para-hydroxylation sites is 1. The van der Waals surface area contributed by atoms with Gasteiger partial charge in [-0.25, -0.2) is 0 Å². The number of benzene rings is 1. The van der Waals surface area contributed by atoms with Crippen LogP contribution in [0.4, 0.5) is 0 Å². The predicted octanol–water partition coefficient (Wildman–Crippen LogP) is 1.97. The van der Waals surface area contributed by atoms with Crippen LogP contribution in [0, 0.1) is 0 Å². The first-order valence-electron chi connectivity index (χ1n) is 4.85. The van der Waals surface area contributed by atoms with Gasteiger partial charge in [-0.2, -0.15) is 0 Å². The summed E-state index contributed by atoms with van der Waals surface area (Å²) in [6, 6.07) is 8.09. The average molecular weight is 179 g/mol. The van der Waals surface area contributed by atoms with Crippen LogP contribution in [0.5, 0.6) is 5.75 Å². The molecule has 0 aromatic heterocycles. The minimum Gasteiger partial charge on any atom is -0.488 e. The van der Waals surface area contributed by atoms with Crippen molar-refractivity contribution in [1.82, 2.24) is 0 Å². The lowest BCUT2D eigenvalue weighted by Gasteiger charge is -2.05. The van der Waals surface area contributed by atoms with Crippen LogP contribution in [0.25, 0.3) is 0 Å². The van der Waals surface area contributed by atoms with Crippen molar-refractivity contribution in [3.8, 4) is 5.75 Å². The van der Waals surface area contributed by atoms with Crippen LogP contribution in [0.3, 0.4) is 0 Å². The topological polar surface area (TPSA) is 35.2 Å². The molecule has 0 spiro atoms. The number of hydrogen-bond donors (Lipinski definition) is 1. The summed E-state index contributed by atoms with van der Waals surface area (Å²) >= 11 is 0. The van der Waals surface area contributed by atoms with E-state index >= 15 is 0 Å². The van der Waals surface area contributed by atoms with E-state index in [0.717, 1.165) is 12.2 Å². The first-order valence-corrected chi connectivity index (χ1v) is 4.85. The molecule has 0 fully saturated rings. The first kappa shape index (κ1) is 10.1. The molecule has 2 N–H and O–H groups in total. The molecule has 2 heteroatoms. The Bertz CT molecular complexity index is 235. The van der Waals surface area contributed by atoms with E-state index in [2.05, 4.69) is 6.07 Å². The van der Waals surface area contributed by atoms with E-state index in [-0.39, 0.29) is 6.10 Å². The Kier molecular flexibility index (Phi) is 3.77. The average Bonchev–Trinajstić information content (AvgIpc) is 2.63. The molecule has 1 aliphatic heterocycles. The minimum absolute atomic E-state index is 0.201. The third-order valence-corrected chi connectivity index (χ3v) is 1.98. The second kappa shape index (κ2) is 4.87. The fraction of sp³-hybridized carbons (Fsp3) is 0.455. The number of rotatable bonds is 1.